The molecule has 3 N–H and O–H groups in total. The zero-order chi connectivity index (χ0) is 15.8. The number of rotatable bonds is 4. The molecule has 0 bridgehead atoms. The number of nitrogens with two attached hydrogens (primary N) is 1. The van der Waals surface area contributed by atoms with Crippen LogP contribution in [0.15, 0.2) is 29.3 Å². The van der Waals surface area contributed by atoms with Gasteiger partial charge in [-0.1, -0.05) is 0 Å². The Labute approximate surface area is 119 Å². The molecular weight excluding hydrogens is 307 g/mol. The molecule has 0 aliphatic rings. The predicted molar refractivity (Wildman–Crippen MR) is 73.2 cm³/mol. The van der Waals surface area contributed by atoms with Gasteiger partial charge in [-0.05, 0) is 18.2 Å². The highest BCUT2D eigenvalue weighted by molar-refractivity contribution is 7.89. The summed E-state index contributed by atoms with van der Waals surface area (Å²) in [4.78, 5) is 2.68. The third-order valence-electron chi connectivity index (χ3n) is 3.07. The zero-order valence-electron chi connectivity index (χ0n) is 11.1. The summed E-state index contributed by atoms with van der Waals surface area (Å²) >= 11 is 0. The average molecular weight is 321 g/mol. The van der Waals surface area contributed by atoms with E-state index in [4.69, 9.17) is 5.73 Å². The van der Waals surface area contributed by atoms with E-state index < -0.39 is 29.2 Å². The number of nitrogens with one attached hydrogen (secondary N) is 1. The molecule has 21 heavy (non-hydrogen) atoms. The Balaban J connectivity index is 2.35. The molecule has 0 amide bonds. The van der Waals surface area contributed by atoms with Gasteiger partial charge >= 0.3 is 6.18 Å². The molecule has 5 nitrogen and oxygen atoms in total. The standard InChI is InChI=1S/C12H14F3N3O2S/c1-18(5-4-12(13,14)15)21(19,20)11-7-17-10-3-2-8(16)6-9(10)11/h2-3,6-7,17H,4-5,16H2,1H3. The summed E-state index contributed by atoms with van der Waals surface area (Å²) < 4.78 is 62.0. The largest absolute Gasteiger partial charge is 0.399 e. The number of fused-ring (bicyclic) bond motifs is 1. The van der Waals surface area contributed by atoms with E-state index in [9.17, 15) is 21.6 Å². The van der Waals surface area contributed by atoms with Crippen LogP contribution in [0.5, 0.6) is 0 Å². The summed E-state index contributed by atoms with van der Waals surface area (Å²) in [6.45, 7) is -0.638. The maximum Gasteiger partial charge on any atom is 0.390 e. The quantitative estimate of drug-likeness (QED) is 0.848. The van der Waals surface area contributed by atoms with Crippen LogP contribution in [0.4, 0.5) is 18.9 Å². The molecule has 116 valence electrons. The van der Waals surface area contributed by atoms with Gasteiger partial charge in [0.05, 0.1) is 6.42 Å². The summed E-state index contributed by atoms with van der Waals surface area (Å²) in [5.74, 6) is 0. The van der Waals surface area contributed by atoms with E-state index in [2.05, 4.69) is 4.98 Å². The van der Waals surface area contributed by atoms with Gasteiger partial charge in [-0.2, -0.15) is 13.2 Å². The molecule has 0 atom stereocenters. The number of hydrogen-bond donors (Lipinski definition) is 2. The molecule has 0 radical (unpaired) electrons. The molecule has 2 rings (SSSR count). The maximum absolute atomic E-state index is 12.3. The van der Waals surface area contributed by atoms with E-state index in [1.54, 1.807) is 12.1 Å². The fourth-order valence-electron chi connectivity index (χ4n) is 1.90. The van der Waals surface area contributed by atoms with Crippen molar-refractivity contribution in [2.75, 3.05) is 19.3 Å². The minimum absolute atomic E-state index is 0.0884. The molecule has 1 heterocycles. The van der Waals surface area contributed by atoms with Crippen molar-refractivity contribution < 1.29 is 21.6 Å². The van der Waals surface area contributed by atoms with E-state index in [0.717, 1.165) is 7.05 Å². The van der Waals surface area contributed by atoms with Crippen LogP contribution in [0.1, 0.15) is 6.42 Å². The van der Waals surface area contributed by atoms with E-state index in [1.807, 2.05) is 0 Å². The molecule has 2 aromatic rings. The molecule has 0 spiro atoms. The maximum atomic E-state index is 12.3. The van der Waals surface area contributed by atoms with Crippen LogP contribution in [0.25, 0.3) is 10.9 Å². The van der Waals surface area contributed by atoms with Crippen molar-refractivity contribution in [1.82, 2.24) is 9.29 Å². The number of nitrogen functional groups attached to an aromatic ring is 1. The second-order valence-electron chi connectivity index (χ2n) is 4.65. The zero-order valence-corrected chi connectivity index (χ0v) is 11.9. The SMILES string of the molecule is CN(CCC(F)(F)F)S(=O)(=O)c1c[nH]c2ccc(N)cc12. The van der Waals surface area contributed by atoms with Gasteiger partial charge in [0, 0.05) is 36.4 Å². The van der Waals surface area contributed by atoms with Gasteiger partial charge in [0.25, 0.3) is 0 Å². The molecular formula is C12H14F3N3O2S. The lowest BCUT2D eigenvalue weighted by atomic mass is 10.2. The smallest absolute Gasteiger partial charge is 0.390 e. The van der Waals surface area contributed by atoms with Crippen LogP contribution < -0.4 is 5.73 Å². The van der Waals surface area contributed by atoms with Gasteiger partial charge < -0.3 is 10.7 Å². The van der Waals surface area contributed by atoms with Gasteiger partial charge in [-0.15, -0.1) is 0 Å². The van der Waals surface area contributed by atoms with Crippen molar-refractivity contribution in [3.05, 3.63) is 24.4 Å². The number of aromatic nitrogens is 1. The Hall–Kier alpha value is -1.74. The van der Waals surface area contributed by atoms with E-state index in [0.29, 0.717) is 20.9 Å². The first-order valence-corrected chi connectivity index (χ1v) is 7.45. The molecule has 0 unspecified atom stereocenters. The van der Waals surface area contributed by atoms with Crippen LogP contribution >= 0.6 is 0 Å². The van der Waals surface area contributed by atoms with Gasteiger partial charge in [-0.25, -0.2) is 12.7 Å². The van der Waals surface area contributed by atoms with Crippen LogP contribution in [0.3, 0.4) is 0 Å². The minimum Gasteiger partial charge on any atom is -0.399 e. The lowest BCUT2D eigenvalue weighted by Crippen LogP contribution is -2.30. The van der Waals surface area contributed by atoms with Crippen molar-refractivity contribution in [2.45, 2.75) is 17.5 Å². The van der Waals surface area contributed by atoms with Crippen molar-refractivity contribution in [3.8, 4) is 0 Å². The van der Waals surface area contributed by atoms with Crippen molar-refractivity contribution in [1.29, 1.82) is 0 Å². The van der Waals surface area contributed by atoms with Crippen molar-refractivity contribution in [2.24, 2.45) is 0 Å². The highest BCUT2D eigenvalue weighted by atomic mass is 32.2. The molecule has 0 fully saturated rings. The van der Waals surface area contributed by atoms with E-state index in [1.165, 1.54) is 12.3 Å². The molecule has 0 aliphatic heterocycles. The normalized spacial score (nSPS) is 13.2. The lowest BCUT2D eigenvalue weighted by molar-refractivity contribution is -0.135. The predicted octanol–water partition coefficient (Wildman–Crippen LogP) is 2.32. The highest BCUT2D eigenvalue weighted by Crippen LogP contribution is 2.28. The molecule has 0 saturated carbocycles. The first-order valence-electron chi connectivity index (χ1n) is 6.01. The summed E-state index contributed by atoms with van der Waals surface area (Å²) in [5.41, 5.74) is 6.54. The fourth-order valence-corrected chi connectivity index (χ4v) is 3.22. The summed E-state index contributed by atoms with van der Waals surface area (Å²) in [5, 5.41) is 0.355. The fraction of sp³-hybridized carbons (Fsp3) is 0.333. The van der Waals surface area contributed by atoms with Crippen LogP contribution in [0, 0.1) is 0 Å². The molecule has 1 aromatic heterocycles. The lowest BCUT2D eigenvalue weighted by Gasteiger charge is -2.17. The van der Waals surface area contributed by atoms with E-state index >= 15 is 0 Å². The molecule has 0 aliphatic carbocycles. The van der Waals surface area contributed by atoms with Crippen LogP contribution in [-0.2, 0) is 10.0 Å². The number of benzene rings is 1. The number of aromatic amines is 1. The molecule has 9 heteroatoms. The second kappa shape index (κ2) is 5.23. The topological polar surface area (TPSA) is 79.2 Å². The number of hydrogen-bond acceptors (Lipinski definition) is 3. The van der Waals surface area contributed by atoms with Gasteiger partial charge in [0.15, 0.2) is 0 Å². The van der Waals surface area contributed by atoms with Crippen molar-refractivity contribution in [3.63, 3.8) is 0 Å². The molecule has 1 aromatic carbocycles. The van der Waals surface area contributed by atoms with E-state index in [-0.39, 0.29) is 4.90 Å². The Morgan fingerprint density at radius 2 is 2.00 bits per heavy atom. The number of sulfonamides is 1. The van der Waals surface area contributed by atoms with Gasteiger partial charge in [0.1, 0.15) is 4.90 Å². The van der Waals surface area contributed by atoms with Gasteiger partial charge in [-0.3, -0.25) is 0 Å². The number of nitrogens with zero attached hydrogens (tertiary/aromatic N) is 1. The highest BCUT2D eigenvalue weighted by Gasteiger charge is 2.31. The summed E-state index contributed by atoms with van der Waals surface area (Å²) in [7, 11) is -2.90. The second-order valence-corrected chi connectivity index (χ2v) is 6.66. The molecule has 0 saturated heterocycles. The first kappa shape index (κ1) is 15.6. The monoisotopic (exact) mass is 321 g/mol. The average Bonchev–Trinajstić information content (AvgIpc) is 2.78. The number of alkyl halides is 3. The van der Waals surface area contributed by atoms with Crippen LogP contribution in [-0.4, -0.2) is 37.5 Å². The number of halogens is 3. The minimum atomic E-state index is -4.41. The Kier molecular flexibility index (Phi) is 3.89. The first-order chi connectivity index (χ1) is 9.61. The Bertz CT molecular complexity index is 753. The van der Waals surface area contributed by atoms with Crippen molar-refractivity contribution >= 4 is 26.6 Å². The summed E-state index contributed by atoms with van der Waals surface area (Å²) in [6.07, 6.45) is -4.36. The summed E-state index contributed by atoms with van der Waals surface area (Å²) in [6, 6.07) is 4.68. The van der Waals surface area contributed by atoms with Gasteiger partial charge in [0.2, 0.25) is 10.0 Å². The van der Waals surface area contributed by atoms with Crippen LogP contribution in [0.2, 0.25) is 0 Å². The third-order valence-corrected chi connectivity index (χ3v) is 4.96. The number of H-pyrrole nitrogens is 1. The third kappa shape index (κ3) is 3.30. The Morgan fingerprint density at radius 1 is 1.33 bits per heavy atom. The number of anilines is 1. The Morgan fingerprint density at radius 3 is 2.62 bits per heavy atom.